The van der Waals surface area contributed by atoms with Crippen LogP contribution in [0.15, 0.2) is 42.7 Å². The van der Waals surface area contributed by atoms with Gasteiger partial charge in [-0.3, -0.25) is 0 Å². The second-order valence-corrected chi connectivity index (χ2v) is 4.44. The van der Waals surface area contributed by atoms with E-state index in [-0.39, 0.29) is 12.0 Å². The highest BCUT2D eigenvalue weighted by Gasteiger charge is 2.43. The lowest BCUT2D eigenvalue weighted by atomic mass is 9.97. The fourth-order valence-electron chi connectivity index (χ4n) is 2.08. The molecule has 0 amide bonds. The number of nitrogens with zero attached hydrogens (tertiary/aromatic N) is 2. The Hall–Kier alpha value is -1.61. The third kappa shape index (κ3) is 1.44. The molecule has 0 saturated heterocycles. The number of benzene rings is 1. The maximum atomic E-state index is 9.35. The predicted molar refractivity (Wildman–Crippen MR) is 61.6 cm³/mol. The molecule has 3 rings (SSSR count). The van der Waals surface area contributed by atoms with E-state index in [2.05, 4.69) is 29.4 Å². The first-order valence-electron chi connectivity index (χ1n) is 5.55. The molecule has 82 valence electrons. The molecular weight excluding hydrogens is 200 g/mol. The third-order valence-electron chi connectivity index (χ3n) is 3.40. The Morgan fingerprint density at radius 2 is 2.00 bits per heavy atom. The molecule has 2 aromatic rings. The van der Waals surface area contributed by atoms with Crippen LogP contribution in [0.3, 0.4) is 0 Å². The minimum Gasteiger partial charge on any atom is -0.395 e. The third-order valence-corrected chi connectivity index (χ3v) is 3.40. The molecule has 3 nitrogen and oxygen atoms in total. The average Bonchev–Trinajstić information content (AvgIpc) is 2.96. The minimum absolute atomic E-state index is 0.0582. The van der Waals surface area contributed by atoms with E-state index >= 15 is 0 Å². The van der Waals surface area contributed by atoms with Crippen LogP contribution in [0.5, 0.6) is 0 Å². The van der Waals surface area contributed by atoms with Crippen LogP contribution in [0.2, 0.25) is 0 Å². The summed E-state index contributed by atoms with van der Waals surface area (Å²) in [6, 6.07) is 10.2. The highest BCUT2D eigenvalue weighted by atomic mass is 16.3. The van der Waals surface area contributed by atoms with Gasteiger partial charge in [-0.05, 0) is 36.6 Å². The lowest BCUT2D eigenvalue weighted by molar-refractivity contribution is 0.255. The lowest BCUT2D eigenvalue weighted by Crippen LogP contribution is -2.11. The quantitative estimate of drug-likeness (QED) is 0.847. The van der Waals surface area contributed by atoms with Gasteiger partial charge in [0.1, 0.15) is 0 Å². The van der Waals surface area contributed by atoms with Crippen molar-refractivity contribution >= 4 is 0 Å². The Balaban J connectivity index is 1.91. The largest absolute Gasteiger partial charge is 0.395 e. The van der Waals surface area contributed by atoms with Crippen molar-refractivity contribution < 1.29 is 5.11 Å². The van der Waals surface area contributed by atoms with Gasteiger partial charge in [0.2, 0.25) is 0 Å². The van der Waals surface area contributed by atoms with Gasteiger partial charge in [-0.25, -0.2) is 4.68 Å². The van der Waals surface area contributed by atoms with Crippen molar-refractivity contribution in [2.45, 2.75) is 18.3 Å². The Morgan fingerprint density at radius 1 is 1.25 bits per heavy atom. The topological polar surface area (TPSA) is 38.0 Å². The molecule has 1 aliphatic rings. The van der Waals surface area contributed by atoms with Crippen LogP contribution < -0.4 is 0 Å². The molecule has 0 unspecified atom stereocenters. The summed E-state index contributed by atoms with van der Waals surface area (Å²) in [7, 11) is 0. The summed E-state index contributed by atoms with van der Waals surface area (Å²) in [5.41, 5.74) is 2.36. The average molecular weight is 214 g/mol. The number of rotatable bonds is 3. The summed E-state index contributed by atoms with van der Waals surface area (Å²) in [4.78, 5) is 0. The Morgan fingerprint density at radius 3 is 2.50 bits per heavy atom. The fraction of sp³-hybridized carbons (Fsp3) is 0.308. The van der Waals surface area contributed by atoms with Crippen LogP contribution in [0, 0.1) is 0 Å². The van der Waals surface area contributed by atoms with E-state index in [0.717, 1.165) is 18.5 Å². The Bertz CT molecular complexity index is 469. The number of hydrogen-bond donors (Lipinski definition) is 1. The summed E-state index contributed by atoms with van der Waals surface area (Å²) in [5.74, 6) is 0. The van der Waals surface area contributed by atoms with Crippen LogP contribution in [-0.2, 0) is 5.41 Å². The van der Waals surface area contributed by atoms with Crippen molar-refractivity contribution in [3.8, 4) is 5.69 Å². The summed E-state index contributed by atoms with van der Waals surface area (Å²) in [6.45, 7) is 0.258. The molecule has 1 saturated carbocycles. The van der Waals surface area contributed by atoms with E-state index in [1.807, 2.05) is 16.9 Å². The minimum atomic E-state index is 0.0582. The van der Waals surface area contributed by atoms with Crippen LogP contribution in [0.4, 0.5) is 0 Å². The molecule has 1 aromatic carbocycles. The molecule has 16 heavy (non-hydrogen) atoms. The van der Waals surface area contributed by atoms with E-state index < -0.39 is 0 Å². The smallest absolute Gasteiger partial charge is 0.0645 e. The van der Waals surface area contributed by atoms with Crippen LogP contribution in [-0.4, -0.2) is 21.5 Å². The monoisotopic (exact) mass is 214 g/mol. The maximum Gasteiger partial charge on any atom is 0.0645 e. The second kappa shape index (κ2) is 3.46. The summed E-state index contributed by atoms with van der Waals surface area (Å²) < 4.78 is 1.84. The molecule has 0 aliphatic heterocycles. The molecule has 1 fully saturated rings. The normalized spacial score (nSPS) is 17.3. The van der Waals surface area contributed by atoms with Gasteiger partial charge in [-0.2, -0.15) is 5.10 Å². The van der Waals surface area contributed by atoms with Crippen molar-refractivity contribution in [1.82, 2.24) is 9.78 Å². The molecular formula is C13H14N2O. The molecule has 1 heterocycles. The predicted octanol–water partition coefficient (Wildman–Crippen LogP) is 1.90. The van der Waals surface area contributed by atoms with Crippen molar-refractivity contribution in [3.63, 3.8) is 0 Å². The molecule has 0 radical (unpaired) electrons. The van der Waals surface area contributed by atoms with Gasteiger partial charge in [0.05, 0.1) is 12.3 Å². The molecule has 0 bridgehead atoms. The molecule has 1 aromatic heterocycles. The standard InChI is InChI=1S/C13H14N2O/c16-10-13(6-7-13)11-2-4-12(5-3-11)15-9-1-8-14-15/h1-5,8-9,16H,6-7,10H2. The molecule has 1 aliphatic carbocycles. The number of aliphatic hydroxyl groups excluding tert-OH is 1. The first-order chi connectivity index (χ1) is 7.84. The highest BCUT2D eigenvalue weighted by Crippen LogP contribution is 2.47. The van der Waals surface area contributed by atoms with E-state index in [9.17, 15) is 5.11 Å². The zero-order valence-electron chi connectivity index (χ0n) is 9.00. The zero-order chi connectivity index (χ0) is 11.0. The highest BCUT2D eigenvalue weighted by molar-refractivity contribution is 5.39. The molecule has 1 N–H and O–H groups in total. The van der Waals surface area contributed by atoms with Gasteiger partial charge in [0.25, 0.3) is 0 Å². The van der Waals surface area contributed by atoms with Crippen LogP contribution in [0.25, 0.3) is 5.69 Å². The fourth-order valence-corrected chi connectivity index (χ4v) is 2.08. The van der Waals surface area contributed by atoms with E-state index in [4.69, 9.17) is 0 Å². The van der Waals surface area contributed by atoms with Gasteiger partial charge in [-0.1, -0.05) is 12.1 Å². The van der Waals surface area contributed by atoms with Crippen molar-refractivity contribution in [3.05, 3.63) is 48.3 Å². The van der Waals surface area contributed by atoms with Crippen LogP contribution in [0.1, 0.15) is 18.4 Å². The SMILES string of the molecule is OCC1(c2ccc(-n3cccn3)cc2)CC1. The molecule has 3 heteroatoms. The molecule has 0 spiro atoms. The van der Waals surface area contributed by atoms with Crippen molar-refractivity contribution in [2.24, 2.45) is 0 Å². The summed E-state index contributed by atoms with van der Waals surface area (Å²) >= 11 is 0. The first-order valence-corrected chi connectivity index (χ1v) is 5.55. The second-order valence-electron chi connectivity index (χ2n) is 4.44. The first kappa shape index (κ1) is 9.60. The van der Waals surface area contributed by atoms with Crippen LogP contribution >= 0.6 is 0 Å². The number of aromatic nitrogens is 2. The van der Waals surface area contributed by atoms with Gasteiger partial charge in [-0.15, -0.1) is 0 Å². The summed E-state index contributed by atoms with van der Waals surface area (Å²) in [5, 5.41) is 13.5. The van der Waals surface area contributed by atoms with Gasteiger partial charge in [0.15, 0.2) is 0 Å². The summed E-state index contributed by atoms with van der Waals surface area (Å²) in [6.07, 6.45) is 5.90. The van der Waals surface area contributed by atoms with Gasteiger partial charge >= 0.3 is 0 Å². The number of hydrogen-bond acceptors (Lipinski definition) is 2. The Kier molecular flexibility index (Phi) is 2.07. The van der Waals surface area contributed by atoms with E-state index in [1.54, 1.807) is 6.20 Å². The zero-order valence-corrected chi connectivity index (χ0v) is 9.00. The Labute approximate surface area is 94.3 Å². The maximum absolute atomic E-state index is 9.35. The van der Waals surface area contributed by atoms with E-state index in [1.165, 1.54) is 5.56 Å². The van der Waals surface area contributed by atoms with Crippen molar-refractivity contribution in [2.75, 3.05) is 6.61 Å². The van der Waals surface area contributed by atoms with Crippen molar-refractivity contribution in [1.29, 1.82) is 0 Å². The van der Waals surface area contributed by atoms with Gasteiger partial charge < -0.3 is 5.11 Å². The molecule has 0 atom stereocenters. The number of aliphatic hydroxyl groups is 1. The lowest BCUT2D eigenvalue weighted by Gasteiger charge is -2.12. The van der Waals surface area contributed by atoms with E-state index in [0.29, 0.717) is 0 Å². The van der Waals surface area contributed by atoms with Gasteiger partial charge in [0, 0.05) is 17.8 Å².